The third-order valence-corrected chi connectivity index (χ3v) is 4.30. The predicted molar refractivity (Wildman–Crippen MR) is 51.3 cm³/mol. The first kappa shape index (κ1) is 11.1. The van der Waals surface area contributed by atoms with Crippen LogP contribution >= 0.6 is 11.3 Å². The third-order valence-electron chi connectivity index (χ3n) is 1.36. The largest absolute Gasteiger partial charge is 0.395 e. The molecule has 7 heteroatoms. The monoisotopic (exact) mass is 232 g/mol. The Labute approximate surface area is 85.7 Å². The number of nitrogens with zero attached hydrogens (tertiary/aromatic N) is 1. The molecule has 0 unspecified atom stereocenters. The number of nitrogens with one attached hydrogen (secondary N) is 1. The summed E-state index contributed by atoms with van der Waals surface area (Å²) in [5, 5.41) is 16.9. The topological polar surface area (TPSA) is 90.2 Å². The summed E-state index contributed by atoms with van der Waals surface area (Å²) < 4.78 is 25.1. The highest BCUT2D eigenvalue weighted by Gasteiger charge is 2.15. The molecule has 0 spiro atoms. The summed E-state index contributed by atoms with van der Waals surface area (Å²) in [6.07, 6.45) is 0. The van der Waals surface area contributed by atoms with E-state index in [0.717, 1.165) is 11.3 Å². The van der Waals surface area contributed by atoms with Crippen LogP contribution in [0.5, 0.6) is 0 Å². The molecule has 0 saturated carbocycles. The Hall–Kier alpha value is -0.940. The molecule has 1 rings (SSSR count). The van der Waals surface area contributed by atoms with Crippen LogP contribution in [-0.4, -0.2) is 26.7 Å². The van der Waals surface area contributed by atoms with Crippen molar-refractivity contribution in [3.8, 4) is 6.07 Å². The summed E-state index contributed by atoms with van der Waals surface area (Å²) in [7, 11) is -3.55. The lowest BCUT2D eigenvalue weighted by molar-refractivity contribution is 0.301. The maximum absolute atomic E-state index is 11.4. The van der Waals surface area contributed by atoms with Crippen molar-refractivity contribution in [2.24, 2.45) is 0 Å². The maximum atomic E-state index is 11.4. The molecule has 0 amide bonds. The number of thiophene rings is 1. The van der Waals surface area contributed by atoms with Gasteiger partial charge in [-0.1, -0.05) is 0 Å². The molecule has 0 aromatic carbocycles. The molecule has 2 N–H and O–H groups in total. The van der Waals surface area contributed by atoms with Gasteiger partial charge in [-0.2, -0.15) is 5.26 Å². The Morgan fingerprint density at radius 3 is 2.79 bits per heavy atom. The van der Waals surface area contributed by atoms with Crippen molar-refractivity contribution in [2.45, 2.75) is 4.21 Å². The van der Waals surface area contributed by atoms with Crippen LogP contribution < -0.4 is 4.72 Å². The highest BCUT2D eigenvalue weighted by Crippen LogP contribution is 2.20. The molecule has 0 fully saturated rings. The van der Waals surface area contributed by atoms with Gasteiger partial charge >= 0.3 is 0 Å². The lowest BCUT2D eigenvalue weighted by atomic mass is 10.5. The molecule has 0 aliphatic carbocycles. The molecule has 14 heavy (non-hydrogen) atoms. The molecule has 76 valence electrons. The zero-order valence-electron chi connectivity index (χ0n) is 7.10. The van der Waals surface area contributed by atoms with E-state index in [2.05, 4.69) is 4.72 Å². The van der Waals surface area contributed by atoms with Gasteiger partial charge < -0.3 is 5.11 Å². The average Bonchev–Trinajstić information content (AvgIpc) is 2.63. The molecule has 0 atom stereocenters. The van der Waals surface area contributed by atoms with Gasteiger partial charge in [-0.25, -0.2) is 13.1 Å². The van der Waals surface area contributed by atoms with Crippen molar-refractivity contribution in [1.29, 1.82) is 5.26 Å². The predicted octanol–water partition coefficient (Wildman–Crippen LogP) is -0.110. The SMILES string of the molecule is N#Cc1ccc(S(=O)(=O)NCCO)s1. The fourth-order valence-corrected chi connectivity index (χ4v) is 2.94. The summed E-state index contributed by atoms with van der Waals surface area (Å²) in [5.74, 6) is 0. The molecule has 0 saturated heterocycles. The first-order valence-corrected chi connectivity index (χ1v) is 6.00. The van der Waals surface area contributed by atoms with Crippen molar-refractivity contribution in [3.63, 3.8) is 0 Å². The summed E-state index contributed by atoms with van der Waals surface area (Å²) in [6.45, 7) is -0.280. The van der Waals surface area contributed by atoms with E-state index in [9.17, 15) is 8.42 Å². The normalized spacial score (nSPS) is 11.1. The molecule has 0 aliphatic heterocycles. The van der Waals surface area contributed by atoms with E-state index in [-0.39, 0.29) is 17.4 Å². The molecular formula is C7H8N2O3S2. The quantitative estimate of drug-likeness (QED) is 0.758. The number of aliphatic hydroxyl groups excluding tert-OH is 1. The van der Waals surface area contributed by atoms with Crippen LogP contribution in [0.3, 0.4) is 0 Å². The fourth-order valence-electron chi connectivity index (χ4n) is 0.776. The van der Waals surface area contributed by atoms with Gasteiger partial charge in [0.05, 0.1) is 6.61 Å². The summed E-state index contributed by atoms with van der Waals surface area (Å²) in [5.41, 5.74) is 0. The lowest BCUT2D eigenvalue weighted by Crippen LogP contribution is -2.25. The second-order valence-corrected chi connectivity index (χ2v) is 5.43. The van der Waals surface area contributed by atoms with Crippen LogP contribution in [0.15, 0.2) is 16.3 Å². The Kier molecular flexibility index (Phi) is 3.60. The summed E-state index contributed by atoms with van der Waals surface area (Å²) in [4.78, 5) is 0.342. The van der Waals surface area contributed by atoms with Crippen LogP contribution in [0.2, 0.25) is 0 Å². The first-order valence-electron chi connectivity index (χ1n) is 3.70. The number of aliphatic hydroxyl groups is 1. The van der Waals surface area contributed by atoms with Crippen LogP contribution in [0, 0.1) is 11.3 Å². The fraction of sp³-hybridized carbons (Fsp3) is 0.286. The van der Waals surface area contributed by atoms with Crippen LogP contribution in [-0.2, 0) is 10.0 Å². The van der Waals surface area contributed by atoms with E-state index in [4.69, 9.17) is 10.4 Å². The van der Waals surface area contributed by atoms with Gasteiger partial charge in [0.25, 0.3) is 0 Å². The van der Waals surface area contributed by atoms with E-state index < -0.39 is 10.0 Å². The molecule has 0 bridgehead atoms. The van der Waals surface area contributed by atoms with E-state index in [1.165, 1.54) is 12.1 Å². The number of hydrogen-bond donors (Lipinski definition) is 2. The maximum Gasteiger partial charge on any atom is 0.250 e. The number of sulfonamides is 1. The number of rotatable bonds is 4. The van der Waals surface area contributed by atoms with Gasteiger partial charge in [0.1, 0.15) is 15.2 Å². The van der Waals surface area contributed by atoms with E-state index in [1.54, 1.807) is 0 Å². The molecular weight excluding hydrogens is 224 g/mol. The zero-order chi connectivity index (χ0) is 10.6. The van der Waals surface area contributed by atoms with Gasteiger partial charge in [-0.15, -0.1) is 11.3 Å². The van der Waals surface area contributed by atoms with Gasteiger partial charge in [-0.05, 0) is 12.1 Å². The summed E-state index contributed by atoms with van der Waals surface area (Å²) in [6, 6.07) is 4.66. The number of nitriles is 1. The van der Waals surface area contributed by atoms with Gasteiger partial charge in [0.2, 0.25) is 10.0 Å². The zero-order valence-corrected chi connectivity index (χ0v) is 8.73. The first-order chi connectivity index (χ1) is 6.60. The Morgan fingerprint density at radius 2 is 2.29 bits per heavy atom. The Bertz CT molecular complexity index is 444. The minimum absolute atomic E-state index is 0.0257. The van der Waals surface area contributed by atoms with E-state index >= 15 is 0 Å². The third kappa shape index (κ3) is 2.52. The molecule has 1 aromatic heterocycles. The van der Waals surface area contributed by atoms with Crippen molar-refractivity contribution in [2.75, 3.05) is 13.2 Å². The van der Waals surface area contributed by atoms with Crippen LogP contribution in [0.1, 0.15) is 4.88 Å². The molecule has 1 heterocycles. The van der Waals surface area contributed by atoms with Crippen LogP contribution in [0.25, 0.3) is 0 Å². The van der Waals surface area contributed by atoms with Crippen molar-refractivity contribution < 1.29 is 13.5 Å². The van der Waals surface area contributed by atoms with E-state index in [1.807, 2.05) is 6.07 Å². The van der Waals surface area contributed by atoms with Crippen LogP contribution in [0.4, 0.5) is 0 Å². The summed E-state index contributed by atoms with van der Waals surface area (Å²) >= 11 is 0.897. The molecule has 0 radical (unpaired) electrons. The average molecular weight is 232 g/mol. The van der Waals surface area contributed by atoms with Gasteiger partial charge in [0.15, 0.2) is 0 Å². The second kappa shape index (κ2) is 4.52. The highest BCUT2D eigenvalue weighted by molar-refractivity contribution is 7.91. The highest BCUT2D eigenvalue weighted by atomic mass is 32.2. The Balaban J connectivity index is 2.88. The molecule has 0 aliphatic rings. The molecule has 5 nitrogen and oxygen atoms in total. The molecule has 1 aromatic rings. The Morgan fingerprint density at radius 1 is 1.57 bits per heavy atom. The lowest BCUT2D eigenvalue weighted by Gasteiger charge is -2.00. The van der Waals surface area contributed by atoms with Crippen molar-refractivity contribution >= 4 is 21.4 Å². The second-order valence-electron chi connectivity index (χ2n) is 2.35. The minimum atomic E-state index is -3.55. The minimum Gasteiger partial charge on any atom is -0.395 e. The van der Waals surface area contributed by atoms with Crippen molar-refractivity contribution in [1.82, 2.24) is 4.72 Å². The van der Waals surface area contributed by atoms with Gasteiger partial charge in [-0.3, -0.25) is 0 Å². The standard InChI is InChI=1S/C7H8N2O3S2/c8-5-6-1-2-7(13-6)14(11,12)9-3-4-10/h1-2,9-10H,3-4H2. The van der Waals surface area contributed by atoms with Crippen molar-refractivity contribution in [3.05, 3.63) is 17.0 Å². The van der Waals surface area contributed by atoms with Gasteiger partial charge in [0, 0.05) is 6.54 Å². The number of hydrogen-bond acceptors (Lipinski definition) is 5. The van der Waals surface area contributed by atoms with E-state index in [0.29, 0.717) is 4.88 Å². The smallest absolute Gasteiger partial charge is 0.250 e.